The van der Waals surface area contributed by atoms with Gasteiger partial charge in [-0.25, -0.2) is 0 Å². The molecule has 19 heavy (non-hydrogen) atoms. The molecule has 0 amide bonds. The van der Waals surface area contributed by atoms with Crippen LogP contribution >= 0.6 is 0 Å². The monoisotopic (exact) mass is 256 g/mol. The Morgan fingerprint density at radius 1 is 0.737 bits per heavy atom. The molecule has 1 heteroatoms. The van der Waals surface area contributed by atoms with E-state index in [9.17, 15) is 5.11 Å². The van der Waals surface area contributed by atoms with Crippen LogP contribution in [-0.2, 0) is 0 Å². The maximum Gasteiger partial charge on any atom is 0.0462 e. The molecule has 11 atom stereocenters. The molecule has 1 nitrogen and oxygen atoms in total. The van der Waals surface area contributed by atoms with Crippen molar-refractivity contribution in [1.82, 2.24) is 0 Å². The van der Waals surface area contributed by atoms with Crippen LogP contribution in [0.15, 0.2) is 12.2 Å². The summed E-state index contributed by atoms with van der Waals surface area (Å²) in [6, 6.07) is 0. The third-order valence-corrected chi connectivity index (χ3v) is 8.61. The van der Waals surface area contributed by atoms with E-state index < -0.39 is 0 Å². The first-order valence-electron chi connectivity index (χ1n) is 8.66. The normalized spacial score (nSPS) is 70.1. The smallest absolute Gasteiger partial charge is 0.0462 e. The highest BCUT2D eigenvalue weighted by Gasteiger charge is 2.70. The zero-order chi connectivity index (χ0) is 12.3. The number of rotatable bonds is 1. The molecule has 6 aliphatic carbocycles. The second-order valence-electron chi connectivity index (χ2n) is 8.66. The van der Waals surface area contributed by atoms with Gasteiger partial charge in [0.1, 0.15) is 0 Å². The van der Waals surface area contributed by atoms with E-state index in [-0.39, 0.29) is 0 Å². The summed E-state index contributed by atoms with van der Waals surface area (Å²) in [5, 5.41) is 9.66. The topological polar surface area (TPSA) is 20.2 Å². The Bertz CT molecular complexity index is 468. The maximum absolute atomic E-state index is 9.66. The molecule has 1 N–H and O–H groups in total. The molecular formula is C18H24O. The Labute approximate surface area is 115 Å². The summed E-state index contributed by atoms with van der Waals surface area (Å²) < 4.78 is 0. The molecule has 102 valence electrons. The number of allylic oxidation sites excluding steroid dienone is 2. The standard InChI is InChI=1S/C18H24O/c19-7-11-4-10-5-12(11)18-14-6-13(17(10)18)15-8-1-2-9(3-8)16(14)15/h1-2,8-19H,3-7H2. The minimum Gasteiger partial charge on any atom is -0.396 e. The van der Waals surface area contributed by atoms with Gasteiger partial charge in [0.2, 0.25) is 0 Å². The van der Waals surface area contributed by atoms with Crippen LogP contribution in [0, 0.1) is 65.1 Å². The van der Waals surface area contributed by atoms with Crippen molar-refractivity contribution in [2.75, 3.05) is 6.61 Å². The van der Waals surface area contributed by atoms with Crippen LogP contribution in [-0.4, -0.2) is 11.7 Å². The molecule has 0 aromatic heterocycles. The molecule has 0 heterocycles. The van der Waals surface area contributed by atoms with Crippen molar-refractivity contribution in [3.05, 3.63) is 12.2 Å². The van der Waals surface area contributed by atoms with Crippen molar-refractivity contribution in [2.45, 2.75) is 25.7 Å². The summed E-state index contributed by atoms with van der Waals surface area (Å²) >= 11 is 0. The summed E-state index contributed by atoms with van der Waals surface area (Å²) in [7, 11) is 0. The first-order valence-corrected chi connectivity index (χ1v) is 8.66. The fourth-order valence-electron chi connectivity index (χ4n) is 8.60. The first kappa shape index (κ1) is 10.4. The van der Waals surface area contributed by atoms with Crippen LogP contribution in [0.25, 0.3) is 0 Å². The van der Waals surface area contributed by atoms with Gasteiger partial charge in [0, 0.05) is 6.61 Å². The highest BCUT2D eigenvalue weighted by Crippen LogP contribution is 2.76. The van der Waals surface area contributed by atoms with Gasteiger partial charge in [0.05, 0.1) is 0 Å². The lowest BCUT2D eigenvalue weighted by atomic mass is 9.59. The van der Waals surface area contributed by atoms with Crippen LogP contribution in [0.2, 0.25) is 0 Å². The average Bonchev–Trinajstić information content (AvgIpc) is 3.20. The number of hydrogen-bond acceptors (Lipinski definition) is 1. The highest BCUT2D eigenvalue weighted by atomic mass is 16.3. The van der Waals surface area contributed by atoms with E-state index in [4.69, 9.17) is 0 Å². The highest BCUT2D eigenvalue weighted by molar-refractivity contribution is 5.24. The molecule has 0 aromatic rings. The molecule has 0 saturated heterocycles. The SMILES string of the molecule is OCC1CC2CC1C1C3CC(C4C5C=CC(C5)C34)C21. The van der Waals surface area contributed by atoms with Crippen molar-refractivity contribution in [2.24, 2.45) is 65.1 Å². The van der Waals surface area contributed by atoms with E-state index in [1.807, 2.05) is 0 Å². The Morgan fingerprint density at radius 2 is 1.47 bits per heavy atom. The molecular weight excluding hydrogens is 232 g/mol. The third-order valence-electron chi connectivity index (χ3n) is 8.61. The van der Waals surface area contributed by atoms with E-state index in [1.54, 1.807) is 6.42 Å². The fourth-order valence-corrected chi connectivity index (χ4v) is 8.60. The second kappa shape index (κ2) is 3.13. The average molecular weight is 256 g/mol. The zero-order valence-electron chi connectivity index (χ0n) is 11.5. The van der Waals surface area contributed by atoms with E-state index in [2.05, 4.69) is 12.2 Å². The zero-order valence-corrected chi connectivity index (χ0v) is 11.5. The van der Waals surface area contributed by atoms with Gasteiger partial charge >= 0.3 is 0 Å². The van der Waals surface area contributed by atoms with Crippen molar-refractivity contribution in [3.63, 3.8) is 0 Å². The molecule has 5 saturated carbocycles. The van der Waals surface area contributed by atoms with Crippen molar-refractivity contribution in [3.8, 4) is 0 Å². The molecule has 0 aromatic carbocycles. The van der Waals surface area contributed by atoms with Gasteiger partial charge < -0.3 is 5.11 Å². The lowest BCUT2D eigenvalue weighted by Crippen LogP contribution is -2.42. The van der Waals surface area contributed by atoms with E-state index in [0.717, 1.165) is 59.2 Å². The summed E-state index contributed by atoms with van der Waals surface area (Å²) in [4.78, 5) is 0. The lowest BCUT2D eigenvalue weighted by molar-refractivity contribution is 0.0156. The second-order valence-corrected chi connectivity index (χ2v) is 8.66. The van der Waals surface area contributed by atoms with Gasteiger partial charge in [-0.15, -0.1) is 0 Å². The number of aliphatic hydroxyl groups is 1. The summed E-state index contributed by atoms with van der Waals surface area (Å²) in [6.45, 7) is 0.474. The molecule has 6 aliphatic rings. The molecule has 0 radical (unpaired) electrons. The van der Waals surface area contributed by atoms with Gasteiger partial charge in [0.15, 0.2) is 0 Å². The Balaban J connectivity index is 1.42. The van der Waals surface area contributed by atoms with Gasteiger partial charge in [0.25, 0.3) is 0 Å². The summed E-state index contributed by atoms with van der Waals surface area (Å²) in [6.07, 6.45) is 11.1. The maximum atomic E-state index is 9.66. The van der Waals surface area contributed by atoms with Crippen molar-refractivity contribution >= 4 is 0 Å². The third kappa shape index (κ3) is 0.981. The predicted octanol–water partition coefficient (Wildman–Crippen LogP) is 2.96. The quantitative estimate of drug-likeness (QED) is 0.565. The Kier molecular flexibility index (Phi) is 1.72. The van der Waals surface area contributed by atoms with Gasteiger partial charge in [-0.3, -0.25) is 0 Å². The molecule has 11 unspecified atom stereocenters. The van der Waals surface area contributed by atoms with E-state index in [0.29, 0.717) is 12.5 Å². The van der Waals surface area contributed by atoms with Crippen LogP contribution in [0.3, 0.4) is 0 Å². The molecule has 5 fully saturated rings. The van der Waals surface area contributed by atoms with E-state index >= 15 is 0 Å². The predicted molar refractivity (Wildman–Crippen MR) is 73.1 cm³/mol. The fraction of sp³-hybridized carbons (Fsp3) is 0.889. The number of hydrogen-bond donors (Lipinski definition) is 1. The van der Waals surface area contributed by atoms with Gasteiger partial charge in [-0.1, -0.05) is 12.2 Å². The molecule has 0 spiro atoms. The lowest BCUT2D eigenvalue weighted by Gasteiger charge is -2.45. The number of aliphatic hydroxyl groups excluding tert-OH is 1. The Morgan fingerprint density at radius 3 is 2.21 bits per heavy atom. The number of fused-ring (bicyclic) bond motifs is 16. The van der Waals surface area contributed by atoms with Crippen molar-refractivity contribution < 1.29 is 5.11 Å². The molecule has 0 aliphatic heterocycles. The van der Waals surface area contributed by atoms with Crippen LogP contribution in [0.5, 0.6) is 0 Å². The summed E-state index contributed by atoms with van der Waals surface area (Å²) in [5.74, 6) is 11.0. The minimum absolute atomic E-state index is 0.474. The minimum atomic E-state index is 0.474. The van der Waals surface area contributed by atoms with Gasteiger partial charge in [-0.05, 0) is 90.8 Å². The van der Waals surface area contributed by atoms with Crippen LogP contribution < -0.4 is 0 Å². The van der Waals surface area contributed by atoms with Crippen LogP contribution in [0.4, 0.5) is 0 Å². The molecule has 6 rings (SSSR count). The molecule has 6 bridgehead atoms. The summed E-state index contributed by atoms with van der Waals surface area (Å²) in [5.41, 5.74) is 0. The first-order chi connectivity index (χ1) is 9.36. The van der Waals surface area contributed by atoms with Crippen LogP contribution in [0.1, 0.15) is 25.7 Å². The van der Waals surface area contributed by atoms with Crippen molar-refractivity contribution in [1.29, 1.82) is 0 Å². The van der Waals surface area contributed by atoms with E-state index in [1.165, 1.54) is 19.3 Å². The Hall–Kier alpha value is -0.300. The largest absolute Gasteiger partial charge is 0.396 e. The van der Waals surface area contributed by atoms with Gasteiger partial charge in [-0.2, -0.15) is 0 Å².